The van der Waals surface area contributed by atoms with Crippen LogP contribution in [0.15, 0.2) is 18.2 Å². The summed E-state index contributed by atoms with van der Waals surface area (Å²) >= 11 is 0. The van der Waals surface area contributed by atoms with E-state index in [0.29, 0.717) is 11.7 Å². The van der Waals surface area contributed by atoms with Gasteiger partial charge in [0.1, 0.15) is 5.82 Å². The van der Waals surface area contributed by atoms with Gasteiger partial charge in [-0.3, -0.25) is 4.21 Å². The molecule has 0 spiro atoms. The van der Waals surface area contributed by atoms with Gasteiger partial charge < -0.3 is 10.7 Å². The summed E-state index contributed by atoms with van der Waals surface area (Å²) < 4.78 is 11.9. The van der Waals surface area contributed by atoms with Gasteiger partial charge >= 0.3 is 0 Å². The van der Waals surface area contributed by atoms with Crippen molar-refractivity contribution >= 4 is 27.5 Å². The second-order valence-corrected chi connectivity index (χ2v) is 6.66. The predicted molar refractivity (Wildman–Crippen MR) is 81.5 cm³/mol. The van der Waals surface area contributed by atoms with Crippen LogP contribution in [0.3, 0.4) is 0 Å². The average molecular weight is 279 g/mol. The van der Waals surface area contributed by atoms with Crippen molar-refractivity contribution < 1.29 is 4.21 Å². The summed E-state index contributed by atoms with van der Waals surface area (Å²) in [7, 11) is -0.761. The van der Waals surface area contributed by atoms with Gasteiger partial charge in [-0.05, 0) is 24.1 Å². The number of hydrogen-bond donors (Lipinski definition) is 2. The summed E-state index contributed by atoms with van der Waals surface area (Å²) in [6.07, 6.45) is 1.80. The molecule has 1 aromatic heterocycles. The molecule has 0 aliphatic carbocycles. The molecular formula is C14H21N3OS. The van der Waals surface area contributed by atoms with E-state index < -0.39 is 10.8 Å². The first-order valence-corrected chi connectivity index (χ1v) is 8.16. The Morgan fingerprint density at radius 1 is 1.47 bits per heavy atom. The number of hydrogen-bond acceptors (Lipinski definition) is 3. The van der Waals surface area contributed by atoms with Gasteiger partial charge in [-0.15, -0.1) is 0 Å². The van der Waals surface area contributed by atoms with Gasteiger partial charge in [0.05, 0.1) is 11.0 Å². The number of rotatable bonds is 6. The van der Waals surface area contributed by atoms with Crippen molar-refractivity contribution in [3.05, 3.63) is 24.0 Å². The maximum Gasteiger partial charge on any atom is 0.108 e. The molecule has 5 heteroatoms. The van der Waals surface area contributed by atoms with Crippen LogP contribution in [0.5, 0.6) is 0 Å². The molecule has 4 nitrogen and oxygen atoms in total. The topological polar surface area (TPSA) is 71.8 Å². The number of nitrogens with two attached hydrogens (primary N) is 1. The molecule has 2 rings (SSSR count). The van der Waals surface area contributed by atoms with Gasteiger partial charge in [0.25, 0.3) is 0 Å². The Kier molecular flexibility index (Phi) is 4.58. The SMILES string of the molecule is CCC(C)CS(=O)CCc1nc2ccc(N)cc2[nH]1. The zero-order valence-corrected chi connectivity index (χ0v) is 12.3. The van der Waals surface area contributed by atoms with Gasteiger partial charge in [-0.2, -0.15) is 0 Å². The molecule has 0 saturated heterocycles. The van der Waals surface area contributed by atoms with Crippen molar-refractivity contribution in [1.82, 2.24) is 9.97 Å². The molecule has 3 N–H and O–H groups in total. The standard InChI is InChI=1S/C14H21N3OS/c1-3-10(2)9-19(18)7-6-14-16-12-5-4-11(15)8-13(12)17-14/h4-5,8,10H,3,6-7,9,15H2,1-2H3,(H,16,17). The summed E-state index contributed by atoms with van der Waals surface area (Å²) in [5.41, 5.74) is 8.31. The van der Waals surface area contributed by atoms with Gasteiger partial charge in [0, 0.05) is 34.4 Å². The molecule has 2 unspecified atom stereocenters. The Bertz CT molecular complexity index is 579. The van der Waals surface area contributed by atoms with Crippen LogP contribution in [0.4, 0.5) is 5.69 Å². The maximum atomic E-state index is 11.9. The van der Waals surface area contributed by atoms with Crippen LogP contribution in [0, 0.1) is 5.92 Å². The van der Waals surface area contributed by atoms with E-state index in [2.05, 4.69) is 23.8 Å². The number of aryl methyl sites for hydroxylation is 1. The molecule has 0 saturated carbocycles. The molecule has 0 radical (unpaired) electrons. The van der Waals surface area contributed by atoms with E-state index in [1.807, 2.05) is 18.2 Å². The van der Waals surface area contributed by atoms with Crippen LogP contribution in [0.1, 0.15) is 26.1 Å². The molecule has 0 bridgehead atoms. The molecule has 19 heavy (non-hydrogen) atoms. The van der Waals surface area contributed by atoms with Crippen molar-refractivity contribution in [2.45, 2.75) is 26.7 Å². The number of nitrogens with zero attached hydrogens (tertiary/aromatic N) is 1. The van der Waals surface area contributed by atoms with Gasteiger partial charge in [-0.1, -0.05) is 20.3 Å². The van der Waals surface area contributed by atoms with Crippen LogP contribution in [0.2, 0.25) is 0 Å². The van der Waals surface area contributed by atoms with E-state index in [0.717, 1.165) is 41.1 Å². The largest absolute Gasteiger partial charge is 0.399 e. The number of anilines is 1. The summed E-state index contributed by atoms with van der Waals surface area (Å²) in [5.74, 6) is 2.86. The first kappa shape index (κ1) is 14.1. The fourth-order valence-electron chi connectivity index (χ4n) is 1.93. The van der Waals surface area contributed by atoms with E-state index >= 15 is 0 Å². The monoisotopic (exact) mass is 279 g/mol. The van der Waals surface area contributed by atoms with E-state index in [4.69, 9.17) is 5.73 Å². The molecule has 0 fully saturated rings. The highest BCUT2D eigenvalue weighted by Gasteiger charge is 2.08. The molecule has 0 aliphatic rings. The Balaban J connectivity index is 1.96. The van der Waals surface area contributed by atoms with Crippen molar-refractivity contribution in [2.75, 3.05) is 17.2 Å². The van der Waals surface area contributed by atoms with Crippen molar-refractivity contribution in [3.8, 4) is 0 Å². The molecule has 0 aliphatic heterocycles. The molecule has 2 atom stereocenters. The zero-order chi connectivity index (χ0) is 13.8. The Labute approximate surface area is 116 Å². The lowest BCUT2D eigenvalue weighted by molar-refractivity contribution is 0.615. The minimum absolute atomic E-state index is 0.524. The number of aromatic nitrogens is 2. The summed E-state index contributed by atoms with van der Waals surface area (Å²) in [6.45, 7) is 4.27. The van der Waals surface area contributed by atoms with Crippen LogP contribution in [-0.2, 0) is 17.2 Å². The molecule has 104 valence electrons. The lowest BCUT2D eigenvalue weighted by atomic mass is 10.2. The van der Waals surface area contributed by atoms with Crippen molar-refractivity contribution in [3.63, 3.8) is 0 Å². The van der Waals surface area contributed by atoms with Gasteiger partial charge in [-0.25, -0.2) is 4.98 Å². The third kappa shape index (κ3) is 3.80. The highest BCUT2D eigenvalue weighted by Crippen LogP contribution is 2.15. The molecule has 2 aromatic rings. The molecular weight excluding hydrogens is 258 g/mol. The quantitative estimate of drug-likeness (QED) is 0.798. The lowest BCUT2D eigenvalue weighted by Crippen LogP contribution is -2.11. The average Bonchev–Trinajstić information content (AvgIpc) is 2.78. The van der Waals surface area contributed by atoms with Gasteiger partial charge in [0.2, 0.25) is 0 Å². The second-order valence-electron chi connectivity index (χ2n) is 5.03. The van der Waals surface area contributed by atoms with E-state index in [9.17, 15) is 4.21 Å². The predicted octanol–water partition coefficient (Wildman–Crippen LogP) is 2.48. The molecule has 1 heterocycles. The normalized spacial score (nSPS) is 14.6. The Morgan fingerprint density at radius 3 is 3.00 bits per heavy atom. The Morgan fingerprint density at radius 2 is 2.26 bits per heavy atom. The third-order valence-corrected chi connectivity index (χ3v) is 4.89. The number of nitrogen functional groups attached to an aromatic ring is 1. The van der Waals surface area contributed by atoms with Crippen LogP contribution in [0.25, 0.3) is 11.0 Å². The molecule has 0 amide bonds. The van der Waals surface area contributed by atoms with E-state index in [-0.39, 0.29) is 0 Å². The van der Waals surface area contributed by atoms with E-state index in [1.54, 1.807) is 0 Å². The second kappa shape index (κ2) is 6.19. The van der Waals surface area contributed by atoms with Crippen LogP contribution >= 0.6 is 0 Å². The highest BCUT2D eigenvalue weighted by molar-refractivity contribution is 7.84. The Hall–Kier alpha value is -1.36. The molecule has 1 aromatic carbocycles. The van der Waals surface area contributed by atoms with Gasteiger partial charge in [0.15, 0.2) is 0 Å². The minimum Gasteiger partial charge on any atom is -0.399 e. The number of aromatic amines is 1. The van der Waals surface area contributed by atoms with Crippen LogP contribution in [-0.4, -0.2) is 25.7 Å². The van der Waals surface area contributed by atoms with Crippen LogP contribution < -0.4 is 5.73 Å². The highest BCUT2D eigenvalue weighted by atomic mass is 32.2. The minimum atomic E-state index is -0.761. The number of imidazole rings is 1. The summed E-state index contributed by atoms with van der Waals surface area (Å²) in [5, 5.41) is 0. The summed E-state index contributed by atoms with van der Waals surface area (Å²) in [4.78, 5) is 7.71. The maximum absolute atomic E-state index is 11.9. The number of nitrogens with one attached hydrogen (secondary N) is 1. The lowest BCUT2D eigenvalue weighted by Gasteiger charge is -2.06. The zero-order valence-electron chi connectivity index (χ0n) is 11.5. The smallest absolute Gasteiger partial charge is 0.108 e. The first-order valence-electron chi connectivity index (χ1n) is 6.67. The first-order chi connectivity index (χ1) is 9.08. The fourth-order valence-corrected chi connectivity index (χ4v) is 3.39. The number of benzene rings is 1. The number of fused-ring (bicyclic) bond motifs is 1. The summed E-state index contributed by atoms with van der Waals surface area (Å²) in [6, 6.07) is 5.62. The number of H-pyrrole nitrogens is 1. The van der Waals surface area contributed by atoms with E-state index in [1.165, 1.54) is 0 Å². The van der Waals surface area contributed by atoms with Crippen molar-refractivity contribution in [1.29, 1.82) is 0 Å². The third-order valence-electron chi connectivity index (χ3n) is 3.29. The van der Waals surface area contributed by atoms with Crippen molar-refractivity contribution in [2.24, 2.45) is 5.92 Å². The fraction of sp³-hybridized carbons (Fsp3) is 0.500.